The van der Waals surface area contributed by atoms with Crippen LogP contribution in [0, 0.1) is 0 Å². The minimum absolute atomic E-state index is 0.0208. The molecule has 0 unspecified atom stereocenters. The molecule has 2 aromatic rings. The van der Waals surface area contributed by atoms with Gasteiger partial charge < -0.3 is 10.6 Å². The van der Waals surface area contributed by atoms with Gasteiger partial charge in [-0.05, 0) is 25.1 Å². The van der Waals surface area contributed by atoms with E-state index >= 15 is 0 Å². The predicted octanol–water partition coefficient (Wildman–Crippen LogP) is 3.52. The van der Waals surface area contributed by atoms with Gasteiger partial charge >= 0.3 is 0 Å². The first-order valence-corrected chi connectivity index (χ1v) is 7.34. The Morgan fingerprint density at radius 3 is 2.86 bits per heavy atom. The van der Waals surface area contributed by atoms with E-state index in [9.17, 15) is 4.79 Å². The van der Waals surface area contributed by atoms with E-state index in [2.05, 4.69) is 15.7 Å². The van der Waals surface area contributed by atoms with Gasteiger partial charge in [0, 0.05) is 37.0 Å². The first kappa shape index (κ1) is 15.4. The number of aryl methyl sites for hydroxylation is 1. The van der Waals surface area contributed by atoms with Crippen molar-refractivity contribution >= 4 is 28.9 Å². The van der Waals surface area contributed by atoms with Gasteiger partial charge in [-0.3, -0.25) is 9.48 Å². The molecule has 2 rings (SSSR count). The van der Waals surface area contributed by atoms with Crippen LogP contribution in [0.5, 0.6) is 0 Å². The summed E-state index contributed by atoms with van der Waals surface area (Å²) in [7, 11) is 0. The van der Waals surface area contributed by atoms with Crippen molar-refractivity contribution in [3.05, 3.63) is 41.2 Å². The highest BCUT2D eigenvalue weighted by molar-refractivity contribution is 6.33. The van der Waals surface area contributed by atoms with E-state index in [1.807, 2.05) is 37.0 Å². The number of hydrogen-bond donors (Lipinski definition) is 2. The Morgan fingerprint density at radius 2 is 2.19 bits per heavy atom. The second-order valence-corrected chi connectivity index (χ2v) is 5.06. The van der Waals surface area contributed by atoms with E-state index in [-0.39, 0.29) is 5.91 Å². The second kappa shape index (κ2) is 7.13. The molecule has 1 aromatic carbocycles. The van der Waals surface area contributed by atoms with Crippen LogP contribution in [0.1, 0.15) is 25.8 Å². The number of amides is 1. The molecule has 112 valence electrons. The number of carbonyl (C=O) groups is 1. The lowest BCUT2D eigenvalue weighted by Gasteiger charge is -2.10. The van der Waals surface area contributed by atoms with Crippen LogP contribution in [0.15, 0.2) is 30.6 Å². The lowest BCUT2D eigenvalue weighted by molar-refractivity contribution is -0.115. The summed E-state index contributed by atoms with van der Waals surface area (Å²) < 4.78 is 1.87. The minimum atomic E-state index is -0.0208. The summed E-state index contributed by atoms with van der Waals surface area (Å²) in [6.07, 6.45) is 4.26. The maximum Gasteiger partial charge on any atom is 0.224 e. The molecule has 0 bridgehead atoms. The number of aromatic nitrogens is 2. The average Bonchev–Trinajstić information content (AvgIpc) is 2.95. The van der Waals surface area contributed by atoms with Gasteiger partial charge in [-0.25, -0.2) is 0 Å². The molecule has 1 heterocycles. The maximum atomic E-state index is 11.4. The molecule has 1 aromatic heterocycles. The molecule has 0 aliphatic heterocycles. The van der Waals surface area contributed by atoms with Crippen LogP contribution in [0.2, 0.25) is 5.02 Å². The first-order chi connectivity index (χ1) is 10.1. The second-order valence-electron chi connectivity index (χ2n) is 4.65. The number of nitrogens with one attached hydrogen (secondary N) is 2. The Hall–Kier alpha value is -2.01. The SMILES string of the molecule is CCC(=O)Nc1ccc(Cl)c(NCc2cnn(CC)c2)c1. The normalized spacial score (nSPS) is 10.4. The molecule has 0 saturated heterocycles. The van der Waals surface area contributed by atoms with Crippen LogP contribution >= 0.6 is 11.6 Å². The molecule has 6 heteroatoms. The molecule has 0 saturated carbocycles. The van der Waals surface area contributed by atoms with Gasteiger partial charge in [0.05, 0.1) is 16.9 Å². The van der Waals surface area contributed by atoms with Gasteiger partial charge in [-0.1, -0.05) is 18.5 Å². The summed E-state index contributed by atoms with van der Waals surface area (Å²) in [5, 5.41) is 10.9. The van der Waals surface area contributed by atoms with Crippen LogP contribution in [0.3, 0.4) is 0 Å². The number of anilines is 2. The molecule has 0 radical (unpaired) electrons. The van der Waals surface area contributed by atoms with Crippen molar-refractivity contribution in [2.24, 2.45) is 0 Å². The molecule has 21 heavy (non-hydrogen) atoms. The molecule has 0 fully saturated rings. The Labute approximate surface area is 129 Å². The number of benzene rings is 1. The summed E-state index contributed by atoms with van der Waals surface area (Å²) in [5.74, 6) is -0.0208. The van der Waals surface area contributed by atoms with E-state index in [1.165, 1.54) is 0 Å². The highest BCUT2D eigenvalue weighted by Gasteiger charge is 2.05. The Bertz CT molecular complexity index is 624. The fourth-order valence-electron chi connectivity index (χ4n) is 1.86. The van der Waals surface area contributed by atoms with Crippen molar-refractivity contribution in [3.8, 4) is 0 Å². The number of nitrogens with zero attached hydrogens (tertiary/aromatic N) is 2. The molecule has 0 aliphatic rings. The number of halogens is 1. The van der Waals surface area contributed by atoms with E-state index < -0.39 is 0 Å². The van der Waals surface area contributed by atoms with Crippen molar-refractivity contribution in [1.82, 2.24) is 9.78 Å². The van der Waals surface area contributed by atoms with Crippen molar-refractivity contribution in [1.29, 1.82) is 0 Å². The fraction of sp³-hybridized carbons (Fsp3) is 0.333. The van der Waals surface area contributed by atoms with Crippen LogP contribution in [0.4, 0.5) is 11.4 Å². The van der Waals surface area contributed by atoms with Crippen molar-refractivity contribution in [2.75, 3.05) is 10.6 Å². The van der Waals surface area contributed by atoms with Gasteiger partial charge in [0.1, 0.15) is 0 Å². The standard InChI is InChI=1S/C15H19ClN4O/c1-3-15(21)19-12-5-6-13(16)14(7-12)17-8-11-9-18-20(4-2)10-11/h5-7,9-10,17H,3-4,8H2,1-2H3,(H,19,21). The van der Waals surface area contributed by atoms with E-state index in [1.54, 1.807) is 12.1 Å². The molecule has 0 aliphatic carbocycles. The summed E-state index contributed by atoms with van der Waals surface area (Å²) in [6, 6.07) is 5.39. The van der Waals surface area contributed by atoms with Crippen molar-refractivity contribution in [3.63, 3.8) is 0 Å². The van der Waals surface area contributed by atoms with Gasteiger partial charge in [0.15, 0.2) is 0 Å². The van der Waals surface area contributed by atoms with Crippen molar-refractivity contribution < 1.29 is 4.79 Å². The summed E-state index contributed by atoms with van der Waals surface area (Å²) in [5.41, 5.74) is 2.60. The third-order valence-corrected chi connectivity index (χ3v) is 3.39. The maximum absolute atomic E-state index is 11.4. The zero-order valence-corrected chi connectivity index (χ0v) is 12.9. The van der Waals surface area contributed by atoms with Crippen LogP contribution in [-0.2, 0) is 17.9 Å². The molecule has 5 nitrogen and oxygen atoms in total. The van der Waals surface area contributed by atoms with Gasteiger partial charge in [0.2, 0.25) is 5.91 Å². The molecule has 0 spiro atoms. The van der Waals surface area contributed by atoms with Crippen LogP contribution in [-0.4, -0.2) is 15.7 Å². The largest absolute Gasteiger partial charge is 0.380 e. The van der Waals surface area contributed by atoms with Crippen molar-refractivity contribution in [2.45, 2.75) is 33.4 Å². The average molecular weight is 307 g/mol. The summed E-state index contributed by atoms with van der Waals surface area (Å²) >= 11 is 6.17. The van der Waals surface area contributed by atoms with E-state index in [4.69, 9.17) is 11.6 Å². The summed E-state index contributed by atoms with van der Waals surface area (Å²) in [4.78, 5) is 11.4. The zero-order chi connectivity index (χ0) is 15.2. The lowest BCUT2D eigenvalue weighted by atomic mass is 10.2. The van der Waals surface area contributed by atoms with Gasteiger partial charge in [0.25, 0.3) is 0 Å². The quantitative estimate of drug-likeness (QED) is 0.858. The lowest BCUT2D eigenvalue weighted by Crippen LogP contribution is -2.09. The minimum Gasteiger partial charge on any atom is -0.380 e. The predicted molar refractivity (Wildman–Crippen MR) is 85.6 cm³/mol. The van der Waals surface area contributed by atoms with Crippen LogP contribution in [0.25, 0.3) is 0 Å². The highest BCUT2D eigenvalue weighted by Crippen LogP contribution is 2.26. The third kappa shape index (κ3) is 4.23. The number of carbonyl (C=O) groups excluding carboxylic acids is 1. The molecule has 2 N–H and O–H groups in total. The molecule has 0 atom stereocenters. The van der Waals surface area contributed by atoms with Gasteiger partial charge in [-0.2, -0.15) is 5.10 Å². The Morgan fingerprint density at radius 1 is 1.38 bits per heavy atom. The van der Waals surface area contributed by atoms with Gasteiger partial charge in [-0.15, -0.1) is 0 Å². The third-order valence-electron chi connectivity index (χ3n) is 3.06. The summed E-state index contributed by atoms with van der Waals surface area (Å²) in [6.45, 7) is 5.33. The molecule has 1 amide bonds. The van der Waals surface area contributed by atoms with E-state index in [0.717, 1.165) is 23.5 Å². The fourth-order valence-corrected chi connectivity index (χ4v) is 2.04. The molecular formula is C15H19ClN4O. The Balaban J connectivity index is 2.04. The number of hydrogen-bond acceptors (Lipinski definition) is 3. The molecular weight excluding hydrogens is 288 g/mol. The first-order valence-electron chi connectivity index (χ1n) is 6.97. The number of rotatable bonds is 6. The monoisotopic (exact) mass is 306 g/mol. The smallest absolute Gasteiger partial charge is 0.224 e. The highest BCUT2D eigenvalue weighted by atomic mass is 35.5. The van der Waals surface area contributed by atoms with Crippen LogP contribution < -0.4 is 10.6 Å². The Kier molecular flexibility index (Phi) is 5.22. The van der Waals surface area contributed by atoms with E-state index in [0.29, 0.717) is 18.0 Å². The zero-order valence-electron chi connectivity index (χ0n) is 12.2. The topological polar surface area (TPSA) is 59.0 Å².